The van der Waals surface area contributed by atoms with Gasteiger partial charge < -0.3 is 9.47 Å². The Kier molecular flexibility index (Phi) is 3.08. The molecule has 0 amide bonds. The minimum absolute atomic E-state index is 0.188. The van der Waals surface area contributed by atoms with Crippen LogP contribution in [0.5, 0.6) is 0 Å². The number of hydrogen-bond acceptors (Lipinski definition) is 3. The molecule has 6 aliphatic carbocycles. The van der Waals surface area contributed by atoms with Crippen molar-refractivity contribution in [2.45, 2.75) is 95.4 Å². The van der Waals surface area contributed by atoms with Crippen LogP contribution in [-0.4, -0.2) is 23.8 Å². The second kappa shape index (κ2) is 5.12. The first-order valence-electron chi connectivity index (χ1n) is 12.0. The Morgan fingerprint density at radius 1 is 0.852 bits per heavy atom. The molecule has 27 heavy (non-hydrogen) atoms. The molecule has 0 aromatic rings. The molecule has 7 fully saturated rings. The molecule has 4 bridgehead atoms. The van der Waals surface area contributed by atoms with E-state index in [0.717, 1.165) is 42.4 Å². The minimum Gasteiger partial charge on any atom is -0.459 e. The minimum atomic E-state index is -0.195. The van der Waals surface area contributed by atoms with Gasteiger partial charge in [-0.05, 0) is 93.8 Å². The van der Waals surface area contributed by atoms with E-state index < -0.39 is 0 Å². The third kappa shape index (κ3) is 1.91. The van der Waals surface area contributed by atoms with E-state index in [2.05, 4.69) is 6.92 Å². The molecule has 0 radical (unpaired) electrons. The predicted molar refractivity (Wildman–Crippen MR) is 101 cm³/mol. The van der Waals surface area contributed by atoms with Gasteiger partial charge in [0.05, 0.1) is 18.1 Å². The number of esters is 1. The number of carbonyl (C=O) groups excluding carboxylic acids is 1. The Balaban J connectivity index is 1.12. The summed E-state index contributed by atoms with van der Waals surface area (Å²) in [6, 6.07) is 0. The predicted octanol–water partition coefficient (Wildman–Crippen LogP) is 4.73. The zero-order chi connectivity index (χ0) is 18.0. The molecule has 10 unspecified atom stereocenters. The Hall–Kier alpha value is -0.570. The Morgan fingerprint density at radius 3 is 2.26 bits per heavy atom. The third-order valence-corrected chi connectivity index (χ3v) is 10.9. The first-order valence-corrected chi connectivity index (χ1v) is 12.0. The van der Waals surface area contributed by atoms with Crippen LogP contribution in [0.1, 0.15) is 77.6 Å². The molecule has 10 atom stereocenters. The zero-order valence-corrected chi connectivity index (χ0v) is 16.7. The first kappa shape index (κ1) is 16.3. The monoisotopic (exact) mass is 370 g/mol. The molecule has 1 aliphatic heterocycles. The van der Waals surface area contributed by atoms with Crippen molar-refractivity contribution in [2.75, 3.05) is 0 Å². The maximum absolute atomic E-state index is 13.5. The molecular formula is C24H34O3. The summed E-state index contributed by atoms with van der Waals surface area (Å²) >= 11 is 0. The van der Waals surface area contributed by atoms with Gasteiger partial charge in [-0.25, -0.2) is 0 Å². The van der Waals surface area contributed by atoms with Gasteiger partial charge in [-0.1, -0.05) is 19.3 Å². The summed E-state index contributed by atoms with van der Waals surface area (Å²) in [6.07, 6.45) is 15.2. The normalized spacial score (nSPS) is 58.5. The van der Waals surface area contributed by atoms with E-state index >= 15 is 0 Å². The van der Waals surface area contributed by atoms with E-state index in [1.165, 1.54) is 57.8 Å². The molecular weight excluding hydrogens is 336 g/mol. The molecule has 7 aliphatic rings. The largest absolute Gasteiger partial charge is 0.459 e. The zero-order valence-electron chi connectivity index (χ0n) is 16.7. The number of hydrogen-bond donors (Lipinski definition) is 0. The van der Waals surface area contributed by atoms with E-state index in [0.29, 0.717) is 23.5 Å². The topological polar surface area (TPSA) is 38.8 Å². The van der Waals surface area contributed by atoms with Crippen molar-refractivity contribution in [3.05, 3.63) is 0 Å². The van der Waals surface area contributed by atoms with Crippen LogP contribution >= 0.6 is 0 Å². The lowest BCUT2D eigenvalue weighted by Crippen LogP contribution is -2.51. The highest BCUT2D eigenvalue weighted by atomic mass is 16.6. The van der Waals surface area contributed by atoms with Crippen LogP contribution in [0.4, 0.5) is 0 Å². The fourth-order valence-corrected chi connectivity index (χ4v) is 9.86. The Labute approximate surface area is 162 Å². The van der Waals surface area contributed by atoms with Crippen LogP contribution in [0, 0.1) is 46.8 Å². The van der Waals surface area contributed by atoms with E-state index in [9.17, 15) is 4.79 Å². The average molecular weight is 371 g/mol. The number of fused-ring (bicyclic) bond motifs is 12. The maximum Gasteiger partial charge on any atom is 0.309 e. The van der Waals surface area contributed by atoms with Crippen LogP contribution in [0.3, 0.4) is 0 Å². The van der Waals surface area contributed by atoms with Crippen LogP contribution < -0.4 is 0 Å². The lowest BCUT2D eigenvalue weighted by molar-refractivity contribution is -0.189. The van der Waals surface area contributed by atoms with Gasteiger partial charge in [0.25, 0.3) is 0 Å². The molecule has 1 heterocycles. The third-order valence-electron chi connectivity index (χ3n) is 10.9. The fraction of sp³-hybridized carbons (Fsp3) is 0.958. The Morgan fingerprint density at radius 2 is 1.52 bits per heavy atom. The number of epoxide rings is 1. The van der Waals surface area contributed by atoms with Crippen LogP contribution in [0.2, 0.25) is 0 Å². The molecule has 0 aromatic carbocycles. The van der Waals surface area contributed by atoms with E-state index in [1.807, 2.05) is 0 Å². The van der Waals surface area contributed by atoms with Crippen molar-refractivity contribution in [1.29, 1.82) is 0 Å². The quantitative estimate of drug-likeness (QED) is 0.401. The molecule has 148 valence electrons. The Bertz CT molecular complexity index is 681. The van der Waals surface area contributed by atoms with Gasteiger partial charge in [0.15, 0.2) is 0 Å². The molecule has 7 rings (SSSR count). The summed E-state index contributed by atoms with van der Waals surface area (Å²) in [5, 5.41) is 0. The maximum atomic E-state index is 13.5. The lowest BCUT2D eigenvalue weighted by Gasteiger charge is -2.50. The summed E-state index contributed by atoms with van der Waals surface area (Å²) in [7, 11) is 0. The molecule has 1 saturated heterocycles. The second-order valence-corrected chi connectivity index (χ2v) is 11.6. The first-order chi connectivity index (χ1) is 13.1. The summed E-state index contributed by atoms with van der Waals surface area (Å²) in [6.45, 7) is 2.30. The van der Waals surface area contributed by atoms with Gasteiger partial charge in [0.1, 0.15) is 5.60 Å². The highest BCUT2D eigenvalue weighted by molar-refractivity contribution is 5.74. The highest BCUT2D eigenvalue weighted by Crippen LogP contribution is 2.73. The van der Waals surface area contributed by atoms with Crippen molar-refractivity contribution in [1.82, 2.24) is 0 Å². The van der Waals surface area contributed by atoms with Crippen LogP contribution in [0.25, 0.3) is 0 Å². The van der Waals surface area contributed by atoms with E-state index in [4.69, 9.17) is 9.47 Å². The standard InChI is InChI=1S/C24H34O3/c1-23(6-2-3-7-24(23)8-4-5-9-24)27-22(25)15-11-13-10-14(15)19-17-12-16(18(13)19)20-21(17)26-20/h13-21H,2-12H2,1H3. The molecule has 0 aromatic heterocycles. The summed E-state index contributed by atoms with van der Waals surface area (Å²) < 4.78 is 12.5. The highest BCUT2D eigenvalue weighted by Gasteiger charge is 2.74. The van der Waals surface area contributed by atoms with Crippen LogP contribution in [0.15, 0.2) is 0 Å². The van der Waals surface area contributed by atoms with Crippen molar-refractivity contribution < 1.29 is 14.3 Å². The summed E-state index contributed by atoms with van der Waals surface area (Å²) in [5.74, 6) is 5.08. The van der Waals surface area contributed by atoms with Crippen molar-refractivity contribution in [3.63, 3.8) is 0 Å². The van der Waals surface area contributed by atoms with Gasteiger partial charge in [-0.2, -0.15) is 0 Å². The van der Waals surface area contributed by atoms with Crippen LogP contribution in [-0.2, 0) is 14.3 Å². The van der Waals surface area contributed by atoms with Gasteiger partial charge >= 0.3 is 5.97 Å². The smallest absolute Gasteiger partial charge is 0.309 e. The van der Waals surface area contributed by atoms with Gasteiger partial charge in [0.2, 0.25) is 0 Å². The lowest BCUT2D eigenvalue weighted by atomic mass is 9.62. The number of ether oxygens (including phenoxy) is 2. The van der Waals surface area contributed by atoms with Gasteiger partial charge in [-0.15, -0.1) is 0 Å². The van der Waals surface area contributed by atoms with Gasteiger partial charge in [-0.3, -0.25) is 4.79 Å². The average Bonchev–Trinajstić information content (AvgIpc) is 3.16. The molecule has 1 spiro atoms. The fourth-order valence-electron chi connectivity index (χ4n) is 9.86. The van der Waals surface area contributed by atoms with E-state index in [-0.39, 0.29) is 17.5 Å². The van der Waals surface area contributed by atoms with Gasteiger partial charge in [0, 0.05) is 5.41 Å². The van der Waals surface area contributed by atoms with Crippen molar-refractivity contribution in [3.8, 4) is 0 Å². The molecule has 0 N–H and O–H groups in total. The number of rotatable bonds is 2. The molecule has 3 heteroatoms. The van der Waals surface area contributed by atoms with Crippen molar-refractivity contribution in [2.24, 2.45) is 46.8 Å². The van der Waals surface area contributed by atoms with E-state index in [1.54, 1.807) is 0 Å². The summed E-state index contributed by atoms with van der Waals surface area (Å²) in [4.78, 5) is 13.5. The SMILES string of the molecule is CC1(OC(=O)C2CC3CC2C2C4CC(C5OC45)C32)CCCCC12CCCC2. The van der Waals surface area contributed by atoms with Crippen molar-refractivity contribution >= 4 is 5.97 Å². The molecule has 3 nitrogen and oxygen atoms in total. The number of carbonyl (C=O) groups is 1. The second-order valence-electron chi connectivity index (χ2n) is 11.6. The molecule has 6 saturated carbocycles. The summed E-state index contributed by atoms with van der Waals surface area (Å²) in [5.41, 5.74) is 0.0992.